The Balaban J connectivity index is 4.25. The first kappa shape index (κ1) is 9.83. The van der Waals surface area contributed by atoms with Crippen molar-refractivity contribution in [2.45, 2.75) is 12.2 Å². The lowest BCUT2D eigenvalue weighted by Gasteiger charge is -2.11. The van der Waals surface area contributed by atoms with Gasteiger partial charge in [0.2, 0.25) is 6.17 Å². The van der Waals surface area contributed by atoms with Crippen LogP contribution in [0, 0.1) is 0 Å². The van der Waals surface area contributed by atoms with Gasteiger partial charge in [-0.2, -0.15) is 0 Å². The van der Waals surface area contributed by atoms with Gasteiger partial charge >= 0.3 is 11.9 Å². The number of nitrogens with one attached hydrogen (secondary N) is 1. The molecule has 5 nitrogen and oxygen atoms in total. The smallest absolute Gasteiger partial charge is 0.340 e. The molecular weight excluding hydrogens is 157 g/mol. The molecule has 0 aliphatic rings. The number of hydrogen-bond acceptors (Lipinski definition) is 3. The molecule has 0 spiro atoms. The molecule has 0 saturated carbocycles. The Morgan fingerprint density at radius 3 is 1.91 bits per heavy atom. The van der Waals surface area contributed by atoms with Crippen molar-refractivity contribution in [1.82, 2.24) is 5.32 Å². The van der Waals surface area contributed by atoms with E-state index in [1.165, 1.54) is 7.05 Å². The number of likely N-dealkylation sites (N-methyl/N-ethyl adjacent to an activating group) is 1. The van der Waals surface area contributed by atoms with E-state index < -0.39 is 24.2 Å². The fourth-order valence-corrected chi connectivity index (χ4v) is 0.538. The third kappa shape index (κ3) is 2.50. The zero-order chi connectivity index (χ0) is 9.02. The largest absolute Gasteiger partial charge is 0.480 e. The van der Waals surface area contributed by atoms with Gasteiger partial charge in [-0.1, -0.05) is 0 Å². The molecule has 0 bridgehead atoms. The maximum atomic E-state index is 12.4. The summed E-state index contributed by atoms with van der Waals surface area (Å²) in [4.78, 5) is 20.0. The summed E-state index contributed by atoms with van der Waals surface area (Å²) in [7, 11) is 1.17. The van der Waals surface area contributed by atoms with E-state index in [0.29, 0.717) is 0 Å². The third-order valence-electron chi connectivity index (χ3n) is 1.11. The molecule has 0 aromatic carbocycles. The van der Waals surface area contributed by atoms with E-state index >= 15 is 0 Å². The number of halogens is 1. The second-order valence-electron chi connectivity index (χ2n) is 1.84. The average Bonchev–Trinajstić information content (AvgIpc) is 1.88. The Labute approximate surface area is 61.8 Å². The van der Waals surface area contributed by atoms with Crippen molar-refractivity contribution >= 4 is 11.9 Å². The maximum Gasteiger partial charge on any atom is 0.340 e. The van der Waals surface area contributed by atoms with Crippen molar-refractivity contribution < 1.29 is 24.2 Å². The summed E-state index contributed by atoms with van der Waals surface area (Å²) in [6.45, 7) is 0. The van der Waals surface area contributed by atoms with Gasteiger partial charge in [-0.25, -0.2) is 9.18 Å². The molecule has 0 rings (SSSR count). The highest BCUT2D eigenvalue weighted by Gasteiger charge is 2.32. The molecule has 11 heavy (non-hydrogen) atoms. The monoisotopic (exact) mass is 165 g/mol. The van der Waals surface area contributed by atoms with Crippen LogP contribution in [0.2, 0.25) is 0 Å². The number of hydrogen-bond donors (Lipinski definition) is 3. The van der Waals surface area contributed by atoms with E-state index in [1.54, 1.807) is 0 Å². The van der Waals surface area contributed by atoms with Crippen LogP contribution in [0.3, 0.4) is 0 Å². The molecule has 3 N–H and O–H groups in total. The zero-order valence-electron chi connectivity index (χ0n) is 5.74. The Kier molecular flexibility index (Phi) is 3.46. The van der Waals surface area contributed by atoms with Gasteiger partial charge in [0, 0.05) is 0 Å². The van der Waals surface area contributed by atoms with Crippen molar-refractivity contribution in [3.8, 4) is 0 Å². The molecule has 0 aromatic rings. The summed E-state index contributed by atoms with van der Waals surface area (Å²) < 4.78 is 12.4. The second kappa shape index (κ2) is 3.87. The predicted molar refractivity (Wildman–Crippen MR) is 33.0 cm³/mol. The van der Waals surface area contributed by atoms with Gasteiger partial charge in [-0.15, -0.1) is 0 Å². The van der Waals surface area contributed by atoms with Crippen LogP contribution in [0.15, 0.2) is 0 Å². The molecule has 2 atom stereocenters. The van der Waals surface area contributed by atoms with Gasteiger partial charge < -0.3 is 15.5 Å². The van der Waals surface area contributed by atoms with Crippen molar-refractivity contribution in [2.75, 3.05) is 7.05 Å². The van der Waals surface area contributed by atoms with Gasteiger partial charge in [0.15, 0.2) is 0 Å². The molecule has 6 heteroatoms. The van der Waals surface area contributed by atoms with E-state index in [2.05, 4.69) is 0 Å². The lowest BCUT2D eigenvalue weighted by molar-refractivity contribution is -0.151. The first-order valence-corrected chi connectivity index (χ1v) is 2.77. The predicted octanol–water partition coefficient (Wildman–Crippen LogP) is -0.918. The molecule has 0 amide bonds. The molecule has 0 radical (unpaired) electrons. The highest BCUT2D eigenvalue weighted by Crippen LogP contribution is 1.98. The van der Waals surface area contributed by atoms with E-state index in [9.17, 15) is 14.0 Å². The zero-order valence-corrected chi connectivity index (χ0v) is 5.74. The number of aliphatic carboxylic acids is 2. The van der Waals surface area contributed by atoms with E-state index in [4.69, 9.17) is 10.2 Å². The van der Waals surface area contributed by atoms with Crippen LogP contribution < -0.4 is 5.32 Å². The highest BCUT2D eigenvalue weighted by molar-refractivity contribution is 5.84. The molecule has 64 valence electrons. The number of carbonyl (C=O) groups is 2. The number of rotatable bonds is 4. The van der Waals surface area contributed by atoms with Crippen molar-refractivity contribution in [2.24, 2.45) is 0 Å². The third-order valence-corrected chi connectivity index (χ3v) is 1.11. The number of alkyl halides is 1. The Bertz CT molecular complexity index is 172. The van der Waals surface area contributed by atoms with Gasteiger partial charge in [0.05, 0.1) is 0 Å². The van der Waals surface area contributed by atoms with Crippen LogP contribution in [0.25, 0.3) is 0 Å². The number of carboxylic acids is 2. The van der Waals surface area contributed by atoms with Crippen LogP contribution in [-0.4, -0.2) is 41.4 Å². The summed E-state index contributed by atoms with van der Waals surface area (Å²) in [5, 5.41) is 18.3. The fourth-order valence-electron chi connectivity index (χ4n) is 0.538. The maximum absolute atomic E-state index is 12.4. The second-order valence-corrected chi connectivity index (χ2v) is 1.84. The van der Waals surface area contributed by atoms with E-state index in [0.717, 1.165) is 0 Å². The lowest BCUT2D eigenvalue weighted by Crippen LogP contribution is -2.45. The lowest BCUT2D eigenvalue weighted by atomic mass is 10.2. The first-order valence-electron chi connectivity index (χ1n) is 2.77. The highest BCUT2D eigenvalue weighted by atomic mass is 19.1. The Morgan fingerprint density at radius 1 is 1.36 bits per heavy atom. The molecule has 0 fully saturated rings. The van der Waals surface area contributed by atoms with Crippen LogP contribution in [-0.2, 0) is 9.59 Å². The van der Waals surface area contributed by atoms with Crippen molar-refractivity contribution in [3.63, 3.8) is 0 Å². The average molecular weight is 165 g/mol. The van der Waals surface area contributed by atoms with Crippen LogP contribution in [0.4, 0.5) is 4.39 Å². The number of carboxylic acid groups (broad SMARTS) is 2. The summed E-state index contributed by atoms with van der Waals surface area (Å²) in [6.07, 6.45) is -2.42. The Hall–Kier alpha value is -1.17. The summed E-state index contributed by atoms with van der Waals surface area (Å²) in [5.41, 5.74) is 0. The standard InChI is InChI=1S/C5H8FNO4/c1-7-3(5(10)11)2(6)4(8)9/h2-3,7H,1H3,(H,8,9)(H,10,11). The van der Waals surface area contributed by atoms with Gasteiger partial charge in [-0.05, 0) is 7.05 Å². The SMILES string of the molecule is CNC(C(=O)O)C(F)C(=O)O. The van der Waals surface area contributed by atoms with Crippen LogP contribution in [0.5, 0.6) is 0 Å². The minimum atomic E-state index is -2.42. The molecule has 0 aromatic heterocycles. The Morgan fingerprint density at radius 2 is 1.82 bits per heavy atom. The summed E-state index contributed by atoms with van der Waals surface area (Å²) in [5.74, 6) is -3.31. The van der Waals surface area contributed by atoms with E-state index in [1.807, 2.05) is 5.32 Å². The van der Waals surface area contributed by atoms with Crippen LogP contribution in [0.1, 0.15) is 0 Å². The van der Waals surface area contributed by atoms with Crippen molar-refractivity contribution in [3.05, 3.63) is 0 Å². The van der Waals surface area contributed by atoms with Crippen molar-refractivity contribution in [1.29, 1.82) is 0 Å². The van der Waals surface area contributed by atoms with Gasteiger partial charge in [0.25, 0.3) is 0 Å². The molecule has 0 aliphatic carbocycles. The molecular formula is C5H8FNO4. The first-order chi connectivity index (χ1) is 5.00. The molecule has 0 heterocycles. The summed E-state index contributed by atoms with van der Waals surface area (Å²) >= 11 is 0. The topological polar surface area (TPSA) is 86.6 Å². The van der Waals surface area contributed by atoms with Crippen LogP contribution >= 0.6 is 0 Å². The fraction of sp³-hybridized carbons (Fsp3) is 0.600. The minimum Gasteiger partial charge on any atom is -0.480 e. The molecule has 0 saturated heterocycles. The van der Waals surface area contributed by atoms with Gasteiger partial charge in [0.1, 0.15) is 6.04 Å². The normalized spacial score (nSPS) is 15.5. The molecule has 0 aliphatic heterocycles. The summed E-state index contributed by atoms with van der Waals surface area (Å²) in [6, 6.07) is -1.69. The van der Waals surface area contributed by atoms with Gasteiger partial charge in [-0.3, -0.25) is 4.79 Å². The molecule has 2 unspecified atom stereocenters. The quantitative estimate of drug-likeness (QED) is 0.501. The van der Waals surface area contributed by atoms with E-state index in [-0.39, 0.29) is 0 Å². The minimum absolute atomic E-state index is 1.17.